The summed E-state index contributed by atoms with van der Waals surface area (Å²) in [7, 11) is 0. The first-order chi connectivity index (χ1) is 11.1. The molecule has 0 fully saturated rings. The van der Waals surface area contributed by atoms with Crippen molar-refractivity contribution in [3.63, 3.8) is 0 Å². The fourth-order valence-electron chi connectivity index (χ4n) is 2.00. The fraction of sp³-hybridized carbons (Fsp3) is 0.389. The molecule has 1 aromatic heterocycles. The van der Waals surface area contributed by atoms with Gasteiger partial charge < -0.3 is 14.5 Å². The summed E-state index contributed by atoms with van der Waals surface area (Å²) >= 11 is 1.72. The highest BCUT2D eigenvalue weighted by Gasteiger charge is 2.14. The van der Waals surface area contributed by atoms with Crippen molar-refractivity contribution in [2.24, 2.45) is 0 Å². The van der Waals surface area contributed by atoms with Gasteiger partial charge in [0.15, 0.2) is 6.10 Å². The van der Waals surface area contributed by atoms with Crippen molar-refractivity contribution < 1.29 is 13.9 Å². The highest BCUT2D eigenvalue weighted by Crippen LogP contribution is 2.17. The van der Waals surface area contributed by atoms with Crippen LogP contribution in [0, 0.1) is 13.8 Å². The summed E-state index contributed by atoms with van der Waals surface area (Å²) in [4.78, 5) is 12.0. The lowest BCUT2D eigenvalue weighted by molar-refractivity contribution is -0.127. The first-order valence-electron chi connectivity index (χ1n) is 7.68. The molecule has 23 heavy (non-hydrogen) atoms. The Morgan fingerprint density at radius 3 is 2.83 bits per heavy atom. The van der Waals surface area contributed by atoms with Crippen LogP contribution in [0.1, 0.15) is 23.8 Å². The molecule has 2 aromatic rings. The van der Waals surface area contributed by atoms with E-state index in [1.807, 2.05) is 37.3 Å². The van der Waals surface area contributed by atoms with Crippen molar-refractivity contribution in [1.82, 2.24) is 5.32 Å². The zero-order chi connectivity index (χ0) is 16.7. The van der Waals surface area contributed by atoms with E-state index >= 15 is 0 Å². The van der Waals surface area contributed by atoms with Crippen LogP contribution in [-0.4, -0.2) is 24.3 Å². The summed E-state index contributed by atoms with van der Waals surface area (Å²) in [5, 5.41) is 2.89. The van der Waals surface area contributed by atoms with Crippen molar-refractivity contribution in [3.8, 4) is 5.75 Å². The van der Waals surface area contributed by atoms with Gasteiger partial charge in [-0.2, -0.15) is 11.8 Å². The molecule has 0 saturated carbocycles. The number of rotatable bonds is 8. The molecule has 0 unspecified atom stereocenters. The van der Waals surface area contributed by atoms with Crippen LogP contribution < -0.4 is 10.1 Å². The molecule has 1 N–H and O–H groups in total. The van der Waals surface area contributed by atoms with Crippen LogP contribution in [0.5, 0.6) is 5.75 Å². The quantitative estimate of drug-likeness (QED) is 0.748. The Labute approximate surface area is 141 Å². The third-order valence-electron chi connectivity index (χ3n) is 3.53. The number of thioether (sulfide) groups is 1. The molecule has 0 aliphatic carbocycles. The molecule has 0 aliphatic rings. The number of carbonyl (C=O) groups excluding carboxylic acids is 1. The lowest BCUT2D eigenvalue weighted by Gasteiger charge is -2.15. The molecule has 124 valence electrons. The molecule has 0 spiro atoms. The Kier molecular flexibility index (Phi) is 6.59. The number of nitrogens with one attached hydrogen (secondary N) is 1. The van der Waals surface area contributed by atoms with E-state index in [1.54, 1.807) is 24.9 Å². The minimum atomic E-state index is -0.507. The summed E-state index contributed by atoms with van der Waals surface area (Å²) in [6.07, 6.45) is 1.16. The minimum absolute atomic E-state index is 0.0955. The van der Waals surface area contributed by atoms with E-state index in [4.69, 9.17) is 9.15 Å². The van der Waals surface area contributed by atoms with Crippen LogP contribution >= 0.6 is 11.8 Å². The summed E-state index contributed by atoms with van der Waals surface area (Å²) < 4.78 is 10.9. The number of ether oxygens (including phenoxy) is 1. The first-order valence-corrected chi connectivity index (χ1v) is 8.83. The maximum atomic E-state index is 12.0. The molecular weight excluding hydrogens is 310 g/mol. The van der Waals surface area contributed by atoms with Crippen molar-refractivity contribution in [1.29, 1.82) is 0 Å². The molecule has 1 aromatic carbocycles. The zero-order valence-corrected chi connectivity index (χ0v) is 14.6. The van der Waals surface area contributed by atoms with Crippen LogP contribution in [0.2, 0.25) is 0 Å². The lowest BCUT2D eigenvalue weighted by atomic mass is 10.1. The maximum absolute atomic E-state index is 12.0. The second-order valence-corrected chi connectivity index (χ2v) is 6.53. The SMILES string of the molecule is Cc1ccc(O[C@@H](C)C(=O)NCCSCc2ccco2)cc1C. The van der Waals surface area contributed by atoms with Gasteiger partial charge in [-0.05, 0) is 56.2 Å². The van der Waals surface area contributed by atoms with Crippen LogP contribution in [0.15, 0.2) is 41.0 Å². The van der Waals surface area contributed by atoms with Gasteiger partial charge in [0.25, 0.3) is 5.91 Å². The van der Waals surface area contributed by atoms with Gasteiger partial charge in [0.1, 0.15) is 11.5 Å². The van der Waals surface area contributed by atoms with E-state index in [9.17, 15) is 4.79 Å². The first kappa shape index (κ1) is 17.5. The second-order valence-electron chi connectivity index (χ2n) is 5.43. The van der Waals surface area contributed by atoms with Gasteiger partial charge in [0, 0.05) is 12.3 Å². The van der Waals surface area contributed by atoms with Gasteiger partial charge in [0.05, 0.1) is 12.0 Å². The fourth-order valence-corrected chi connectivity index (χ4v) is 2.76. The van der Waals surface area contributed by atoms with E-state index in [2.05, 4.69) is 12.2 Å². The molecule has 1 amide bonds. The summed E-state index contributed by atoms with van der Waals surface area (Å²) in [6.45, 7) is 6.46. The number of benzene rings is 1. The van der Waals surface area contributed by atoms with Crippen molar-refractivity contribution in [2.45, 2.75) is 32.6 Å². The predicted molar refractivity (Wildman–Crippen MR) is 93.9 cm³/mol. The van der Waals surface area contributed by atoms with E-state index < -0.39 is 6.10 Å². The van der Waals surface area contributed by atoms with Crippen molar-refractivity contribution in [2.75, 3.05) is 12.3 Å². The summed E-state index contributed by atoms with van der Waals surface area (Å²) in [5.41, 5.74) is 2.37. The molecule has 0 bridgehead atoms. The van der Waals surface area contributed by atoms with Crippen LogP contribution in [0.25, 0.3) is 0 Å². The molecule has 2 rings (SSSR count). The Balaban J connectivity index is 1.67. The van der Waals surface area contributed by atoms with E-state index in [1.165, 1.54) is 5.56 Å². The van der Waals surface area contributed by atoms with Gasteiger partial charge in [-0.3, -0.25) is 4.79 Å². The molecule has 0 radical (unpaired) electrons. The number of amides is 1. The number of furan rings is 1. The molecule has 1 atom stereocenters. The smallest absolute Gasteiger partial charge is 0.260 e. The number of aryl methyl sites for hydroxylation is 2. The van der Waals surface area contributed by atoms with Gasteiger partial charge in [-0.25, -0.2) is 0 Å². The predicted octanol–water partition coefficient (Wildman–Crippen LogP) is 3.71. The maximum Gasteiger partial charge on any atom is 0.260 e. The third kappa shape index (κ3) is 5.67. The van der Waals surface area contributed by atoms with Gasteiger partial charge in [-0.1, -0.05) is 6.07 Å². The molecule has 4 nitrogen and oxygen atoms in total. The van der Waals surface area contributed by atoms with Crippen LogP contribution in [0.3, 0.4) is 0 Å². The molecular formula is C18H23NO3S. The third-order valence-corrected chi connectivity index (χ3v) is 4.51. The van der Waals surface area contributed by atoms with Crippen molar-refractivity contribution in [3.05, 3.63) is 53.5 Å². The number of hydrogen-bond acceptors (Lipinski definition) is 4. The lowest BCUT2D eigenvalue weighted by Crippen LogP contribution is -2.37. The monoisotopic (exact) mass is 333 g/mol. The highest BCUT2D eigenvalue weighted by atomic mass is 32.2. The number of carbonyl (C=O) groups is 1. The normalized spacial score (nSPS) is 12.0. The Morgan fingerprint density at radius 1 is 1.30 bits per heavy atom. The summed E-state index contributed by atoms with van der Waals surface area (Å²) in [6, 6.07) is 9.68. The molecule has 5 heteroatoms. The second kappa shape index (κ2) is 8.67. The van der Waals surface area contributed by atoms with Crippen LogP contribution in [0.4, 0.5) is 0 Å². The largest absolute Gasteiger partial charge is 0.481 e. The highest BCUT2D eigenvalue weighted by molar-refractivity contribution is 7.98. The van der Waals surface area contributed by atoms with Gasteiger partial charge >= 0.3 is 0 Å². The topological polar surface area (TPSA) is 51.5 Å². The molecule has 0 aliphatic heterocycles. The van der Waals surface area contributed by atoms with E-state index in [0.29, 0.717) is 6.54 Å². The van der Waals surface area contributed by atoms with Crippen LogP contribution in [-0.2, 0) is 10.5 Å². The zero-order valence-electron chi connectivity index (χ0n) is 13.8. The number of hydrogen-bond donors (Lipinski definition) is 1. The van der Waals surface area contributed by atoms with E-state index in [0.717, 1.165) is 28.6 Å². The van der Waals surface area contributed by atoms with Crippen molar-refractivity contribution >= 4 is 17.7 Å². The van der Waals surface area contributed by atoms with Gasteiger partial charge in [0.2, 0.25) is 0 Å². The molecule has 0 saturated heterocycles. The Bertz CT molecular complexity index is 625. The average Bonchev–Trinajstić information content (AvgIpc) is 3.03. The minimum Gasteiger partial charge on any atom is -0.481 e. The Morgan fingerprint density at radius 2 is 2.13 bits per heavy atom. The van der Waals surface area contributed by atoms with E-state index in [-0.39, 0.29) is 5.91 Å². The standard InChI is InChI=1S/C18H23NO3S/c1-13-6-7-16(11-14(13)2)22-15(3)18(20)19-8-10-23-12-17-5-4-9-21-17/h4-7,9,11,15H,8,10,12H2,1-3H3,(H,19,20)/t15-/m0/s1. The Hall–Kier alpha value is -1.88. The summed E-state index contributed by atoms with van der Waals surface area (Å²) in [5.74, 6) is 3.23. The average molecular weight is 333 g/mol. The van der Waals surface area contributed by atoms with Gasteiger partial charge in [-0.15, -0.1) is 0 Å². The molecule has 1 heterocycles.